The van der Waals surface area contributed by atoms with E-state index in [0.29, 0.717) is 31.0 Å². The molecule has 0 unspecified atom stereocenters. The monoisotopic (exact) mass is 330 g/mol. The number of fused-ring (bicyclic) bond motifs is 1. The Hall–Kier alpha value is -1.52. The number of aryl methyl sites for hydroxylation is 1. The molecule has 1 aromatic rings. The van der Waals surface area contributed by atoms with Crippen molar-refractivity contribution >= 4 is 16.0 Å². The number of carboxylic acids is 1. The van der Waals surface area contributed by atoms with Gasteiger partial charge in [-0.15, -0.1) is 0 Å². The van der Waals surface area contributed by atoms with Crippen LogP contribution in [-0.4, -0.2) is 71.4 Å². The smallest absolute Gasteiger partial charge is 0.312 e. The van der Waals surface area contributed by atoms with Gasteiger partial charge in [0.15, 0.2) is 0 Å². The number of hydrogen-bond acceptors (Lipinski definition) is 7. The number of likely N-dealkylation sites (tertiary alicyclic amines) is 1. The first-order chi connectivity index (χ1) is 10.2. The second-order valence-electron chi connectivity index (χ2n) is 6.18. The van der Waals surface area contributed by atoms with Crippen molar-refractivity contribution in [2.75, 3.05) is 32.4 Å². The second-order valence-corrected chi connectivity index (χ2v) is 8.16. The van der Waals surface area contributed by atoms with E-state index in [9.17, 15) is 18.3 Å². The fourth-order valence-corrected chi connectivity index (χ4v) is 4.32. The lowest BCUT2D eigenvalue weighted by Crippen LogP contribution is -2.41. The van der Waals surface area contributed by atoms with Crippen LogP contribution in [0, 0.1) is 18.3 Å². The van der Waals surface area contributed by atoms with Crippen LogP contribution in [-0.2, 0) is 21.4 Å². The largest absolute Gasteiger partial charge is 0.481 e. The topological polar surface area (TPSA) is 117 Å². The molecule has 2 fully saturated rings. The highest BCUT2D eigenvalue weighted by atomic mass is 32.2. The van der Waals surface area contributed by atoms with Crippen molar-refractivity contribution in [3.05, 3.63) is 11.4 Å². The molecule has 1 aromatic heterocycles. The summed E-state index contributed by atoms with van der Waals surface area (Å²) in [5, 5.41) is 17.2. The minimum absolute atomic E-state index is 0.0262. The standard InChI is InChI=1S/C12H18N4O5S/c1-8-10(14-21-13-8)5-15-3-9-4-16(22(2,19)20)7-12(9,6-15)11(17)18/h9H,3-7H2,1-2H3,(H,17,18)/t9-,12-/m0/s1. The van der Waals surface area contributed by atoms with Crippen LogP contribution in [0.5, 0.6) is 0 Å². The SMILES string of the molecule is Cc1nonc1CN1C[C@H]2CN(S(C)(=O)=O)C[C@@]2(C(=O)O)C1. The molecular formula is C12H18N4O5S. The average molecular weight is 330 g/mol. The van der Waals surface area contributed by atoms with Crippen LogP contribution in [0.4, 0.5) is 0 Å². The van der Waals surface area contributed by atoms with E-state index >= 15 is 0 Å². The van der Waals surface area contributed by atoms with Crippen molar-refractivity contribution in [1.29, 1.82) is 0 Å². The van der Waals surface area contributed by atoms with Crippen molar-refractivity contribution in [3.8, 4) is 0 Å². The summed E-state index contributed by atoms with van der Waals surface area (Å²) in [4.78, 5) is 13.8. The molecule has 2 atom stereocenters. The molecule has 2 aliphatic rings. The molecule has 3 heterocycles. The lowest BCUT2D eigenvalue weighted by molar-refractivity contribution is -0.148. The highest BCUT2D eigenvalue weighted by Crippen LogP contribution is 2.44. The van der Waals surface area contributed by atoms with Gasteiger partial charge in [-0.1, -0.05) is 10.3 Å². The summed E-state index contributed by atoms with van der Waals surface area (Å²) >= 11 is 0. The maximum absolute atomic E-state index is 11.8. The van der Waals surface area contributed by atoms with Gasteiger partial charge in [0, 0.05) is 38.6 Å². The maximum atomic E-state index is 11.8. The zero-order chi connectivity index (χ0) is 16.1. The molecular weight excluding hydrogens is 312 g/mol. The van der Waals surface area contributed by atoms with Crippen LogP contribution in [0.1, 0.15) is 11.4 Å². The summed E-state index contributed by atoms with van der Waals surface area (Å²) < 4.78 is 29.3. The molecule has 0 aromatic carbocycles. The van der Waals surface area contributed by atoms with Crippen molar-refractivity contribution in [1.82, 2.24) is 19.5 Å². The zero-order valence-corrected chi connectivity index (χ0v) is 13.2. The molecule has 0 saturated carbocycles. The maximum Gasteiger partial charge on any atom is 0.312 e. The summed E-state index contributed by atoms with van der Waals surface area (Å²) in [7, 11) is -3.38. The fraction of sp³-hybridized carbons (Fsp3) is 0.750. The lowest BCUT2D eigenvalue weighted by Gasteiger charge is -2.24. The van der Waals surface area contributed by atoms with Crippen LogP contribution in [0.25, 0.3) is 0 Å². The van der Waals surface area contributed by atoms with E-state index in [-0.39, 0.29) is 19.0 Å². The van der Waals surface area contributed by atoms with E-state index in [1.54, 1.807) is 6.92 Å². The Kier molecular flexibility index (Phi) is 3.49. The number of sulfonamides is 1. The van der Waals surface area contributed by atoms with Crippen molar-refractivity contribution in [2.24, 2.45) is 11.3 Å². The predicted molar refractivity (Wildman–Crippen MR) is 74.3 cm³/mol. The molecule has 1 N–H and O–H groups in total. The number of aliphatic carboxylic acids is 1. The van der Waals surface area contributed by atoms with E-state index in [2.05, 4.69) is 14.9 Å². The zero-order valence-electron chi connectivity index (χ0n) is 12.4. The molecule has 2 aliphatic heterocycles. The fourth-order valence-electron chi connectivity index (χ4n) is 3.40. The second kappa shape index (κ2) is 5.00. The summed E-state index contributed by atoms with van der Waals surface area (Å²) in [5.74, 6) is -1.17. The molecule has 0 amide bonds. The molecule has 0 spiro atoms. The molecule has 3 rings (SSSR count). The Morgan fingerprint density at radius 2 is 2.14 bits per heavy atom. The quantitative estimate of drug-likeness (QED) is 0.759. The van der Waals surface area contributed by atoms with Crippen LogP contribution in [0.3, 0.4) is 0 Å². The highest BCUT2D eigenvalue weighted by Gasteiger charge is 2.59. The Bertz CT molecular complexity index is 702. The average Bonchev–Trinajstić information content (AvgIpc) is 3.02. The normalized spacial score (nSPS) is 29.8. The molecule has 22 heavy (non-hydrogen) atoms. The molecule has 10 heteroatoms. The van der Waals surface area contributed by atoms with Gasteiger partial charge in [-0.05, 0) is 6.92 Å². The number of aromatic nitrogens is 2. The minimum Gasteiger partial charge on any atom is -0.481 e. The number of carbonyl (C=O) groups is 1. The Morgan fingerprint density at radius 1 is 1.41 bits per heavy atom. The van der Waals surface area contributed by atoms with Crippen LogP contribution in [0.15, 0.2) is 4.63 Å². The number of nitrogens with zero attached hydrogens (tertiary/aromatic N) is 4. The molecule has 122 valence electrons. The van der Waals surface area contributed by atoms with Gasteiger partial charge in [-0.2, -0.15) is 0 Å². The highest BCUT2D eigenvalue weighted by molar-refractivity contribution is 7.88. The molecule has 0 bridgehead atoms. The predicted octanol–water partition coefficient (Wildman–Crippen LogP) is -0.844. The summed E-state index contributed by atoms with van der Waals surface area (Å²) in [5.41, 5.74) is 0.313. The molecule has 2 saturated heterocycles. The first-order valence-electron chi connectivity index (χ1n) is 6.91. The van der Waals surface area contributed by atoms with Crippen molar-refractivity contribution < 1.29 is 22.9 Å². The van der Waals surface area contributed by atoms with E-state index in [4.69, 9.17) is 0 Å². The summed E-state index contributed by atoms with van der Waals surface area (Å²) in [6.07, 6.45) is 1.12. The van der Waals surface area contributed by atoms with E-state index in [0.717, 1.165) is 6.26 Å². The van der Waals surface area contributed by atoms with Gasteiger partial charge in [0.2, 0.25) is 10.0 Å². The summed E-state index contributed by atoms with van der Waals surface area (Å²) in [6.45, 7) is 3.33. The molecule has 0 aliphatic carbocycles. The van der Waals surface area contributed by atoms with Gasteiger partial charge in [0.05, 0.1) is 11.7 Å². The van der Waals surface area contributed by atoms with Gasteiger partial charge in [-0.25, -0.2) is 17.4 Å². The Balaban J connectivity index is 1.79. The number of hydrogen-bond donors (Lipinski definition) is 1. The van der Waals surface area contributed by atoms with Crippen LogP contribution in [0.2, 0.25) is 0 Å². The third-order valence-corrected chi connectivity index (χ3v) is 5.88. The molecule has 9 nitrogen and oxygen atoms in total. The van der Waals surface area contributed by atoms with Gasteiger partial charge in [-0.3, -0.25) is 9.69 Å². The Labute approximate surface area is 127 Å². The molecule has 0 radical (unpaired) electrons. The van der Waals surface area contributed by atoms with Crippen molar-refractivity contribution in [2.45, 2.75) is 13.5 Å². The minimum atomic E-state index is -3.38. The summed E-state index contributed by atoms with van der Waals surface area (Å²) in [6, 6.07) is 0. The Morgan fingerprint density at radius 3 is 2.64 bits per heavy atom. The van der Waals surface area contributed by atoms with E-state index in [1.165, 1.54) is 4.31 Å². The van der Waals surface area contributed by atoms with Crippen molar-refractivity contribution in [3.63, 3.8) is 0 Å². The third-order valence-electron chi connectivity index (χ3n) is 4.66. The van der Waals surface area contributed by atoms with Crippen LogP contribution >= 0.6 is 0 Å². The van der Waals surface area contributed by atoms with E-state index in [1.807, 2.05) is 4.90 Å². The number of rotatable bonds is 4. The van der Waals surface area contributed by atoms with Crippen LogP contribution < -0.4 is 0 Å². The van der Waals surface area contributed by atoms with Gasteiger partial charge in [0.1, 0.15) is 11.4 Å². The first-order valence-corrected chi connectivity index (χ1v) is 8.76. The first kappa shape index (κ1) is 15.4. The van der Waals surface area contributed by atoms with Gasteiger partial charge < -0.3 is 5.11 Å². The van der Waals surface area contributed by atoms with Gasteiger partial charge in [0.25, 0.3) is 0 Å². The number of carboxylic acid groups (broad SMARTS) is 1. The van der Waals surface area contributed by atoms with E-state index < -0.39 is 21.4 Å². The van der Waals surface area contributed by atoms with Gasteiger partial charge >= 0.3 is 5.97 Å². The lowest BCUT2D eigenvalue weighted by atomic mass is 9.81. The third kappa shape index (κ3) is 2.40.